The van der Waals surface area contributed by atoms with Crippen LogP contribution in [0.5, 0.6) is 0 Å². The van der Waals surface area contributed by atoms with Crippen molar-refractivity contribution in [3.8, 4) is 0 Å². The molecule has 2 N–H and O–H groups in total. The Labute approximate surface area is 126 Å². The minimum Gasteiger partial charge on any atom is -0.326 e. The largest absolute Gasteiger partial charge is 0.326 e. The lowest BCUT2D eigenvalue weighted by molar-refractivity contribution is 0.590. The smallest absolute Gasteiger partial charge is 0.0235 e. The summed E-state index contributed by atoms with van der Waals surface area (Å²) in [5.41, 5.74) is 9.95. The van der Waals surface area contributed by atoms with Crippen LogP contribution in [0.3, 0.4) is 0 Å². The van der Waals surface area contributed by atoms with Crippen molar-refractivity contribution < 1.29 is 0 Å². The molecule has 0 unspecified atom stereocenters. The second-order valence-electron chi connectivity index (χ2n) is 6.04. The van der Waals surface area contributed by atoms with Crippen LogP contribution in [0.1, 0.15) is 37.5 Å². The van der Waals surface area contributed by atoms with Crippen molar-refractivity contribution in [3.63, 3.8) is 0 Å². The number of hydrogen-bond donors (Lipinski definition) is 1. The molecule has 2 heteroatoms. The summed E-state index contributed by atoms with van der Waals surface area (Å²) in [4.78, 5) is 1.31. The van der Waals surface area contributed by atoms with Gasteiger partial charge in [0, 0.05) is 17.2 Å². The van der Waals surface area contributed by atoms with Crippen LogP contribution in [-0.4, -0.2) is 0 Å². The van der Waals surface area contributed by atoms with E-state index < -0.39 is 0 Å². The van der Waals surface area contributed by atoms with Gasteiger partial charge >= 0.3 is 0 Å². The van der Waals surface area contributed by atoms with E-state index in [9.17, 15) is 0 Å². The molecule has 0 spiro atoms. The van der Waals surface area contributed by atoms with E-state index in [1.807, 2.05) is 11.8 Å². The van der Waals surface area contributed by atoms with Crippen molar-refractivity contribution in [1.82, 2.24) is 0 Å². The third kappa shape index (κ3) is 3.87. The molecule has 1 nitrogen and oxygen atoms in total. The van der Waals surface area contributed by atoms with Crippen LogP contribution in [-0.2, 0) is 17.7 Å². The fraction of sp³-hybridized carbons (Fsp3) is 0.333. The Balaban J connectivity index is 2.04. The van der Waals surface area contributed by atoms with Crippen LogP contribution in [0.25, 0.3) is 0 Å². The van der Waals surface area contributed by atoms with Crippen molar-refractivity contribution in [3.05, 3.63) is 65.2 Å². The molecule has 0 saturated heterocycles. The van der Waals surface area contributed by atoms with Gasteiger partial charge in [-0.25, -0.2) is 0 Å². The highest BCUT2D eigenvalue weighted by Crippen LogP contribution is 2.28. The molecule has 0 aliphatic heterocycles. The highest BCUT2D eigenvalue weighted by atomic mass is 32.2. The molecule has 106 valence electrons. The maximum Gasteiger partial charge on any atom is 0.0235 e. The van der Waals surface area contributed by atoms with Crippen LogP contribution in [0.2, 0.25) is 0 Å². The van der Waals surface area contributed by atoms with Crippen LogP contribution in [0, 0.1) is 0 Å². The molecule has 0 heterocycles. The molecule has 0 aromatic heterocycles. The summed E-state index contributed by atoms with van der Waals surface area (Å²) in [6.45, 7) is 7.34. The maximum atomic E-state index is 5.78. The van der Waals surface area contributed by atoms with Gasteiger partial charge in [0.1, 0.15) is 0 Å². The molecule has 0 amide bonds. The van der Waals surface area contributed by atoms with Gasteiger partial charge in [0.25, 0.3) is 0 Å². The summed E-state index contributed by atoms with van der Waals surface area (Å²) in [6, 6.07) is 17.3. The molecule has 0 atom stereocenters. The zero-order valence-corrected chi connectivity index (χ0v) is 13.3. The van der Waals surface area contributed by atoms with Gasteiger partial charge < -0.3 is 5.73 Å². The van der Waals surface area contributed by atoms with Crippen molar-refractivity contribution >= 4 is 11.8 Å². The monoisotopic (exact) mass is 285 g/mol. The Bertz CT molecular complexity index is 552. The second-order valence-corrected chi connectivity index (χ2v) is 7.08. The number of hydrogen-bond acceptors (Lipinski definition) is 2. The Morgan fingerprint density at radius 1 is 0.900 bits per heavy atom. The molecule has 0 bridgehead atoms. The predicted octanol–water partition coefficient (Wildman–Crippen LogP) is 4.74. The topological polar surface area (TPSA) is 26.0 Å². The van der Waals surface area contributed by atoms with E-state index in [0.717, 1.165) is 5.75 Å². The molecular formula is C18H23NS. The van der Waals surface area contributed by atoms with Gasteiger partial charge in [0.05, 0.1) is 0 Å². The van der Waals surface area contributed by atoms with Gasteiger partial charge in [-0.15, -0.1) is 11.8 Å². The number of thioether (sulfide) groups is 1. The first-order valence-corrected chi connectivity index (χ1v) is 7.99. The van der Waals surface area contributed by atoms with E-state index in [-0.39, 0.29) is 5.41 Å². The Hall–Kier alpha value is -1.25. The fourth-order valence-corrected chi connectivity index (χ4v) is 3.04. The van der Waals surface area contributed by atoms with Crippen molar-refractivity contribution in [1.29, 1.82) is 0 Å². The van der Waals surface area contributed by atoms with E-state index in [2.05, 4.69) is 69.3 Å². The maximum absolute atomic E-state index is 5.78. The summed E-state index contributed by atoms with van der Waals surface area (Å²) in [7, 11) is 0. The first-order chi connectivity index (χ1) is 9.50. The summed E-state index contributed by atoms with van der Waals surface area (Å²) in [6.07, 6.45) is 0. The lowest BCUT2D eigenvalue weighted by atomic mass is 9.87. The van der Waals surface area contributed by atoms with E-state index in [0.29, 0.717) is 6.54 Å². The lowest BCUT2D eigenvalue weighted by Gasteiger charge is -2.19. The number of rotatable bonds is 4. The number of benzene rings is 2. The molecule has 0 aliphatic rings. The summed E-state index contributed by atoms with van der Waals surface area (Å²) >= 11 is 1.87. The molecule has 0 radical (unpaired) electrons. The van der Waals surface area contributed by atoms with E-state index in [1.54, 1.807) is 0 Å². The Kier molecular flexibility index (Phi) is 4.90. The summed E-state index contributed by atoms with van der Waals surface area (Å²) in [5, 5.41) is 0. The molecule has 0 aliphatic carbocycles. The van der Waals surface area contributed by atoms with Gasteiger partial charge in [-0.3, -0.25) is 0 Å². The van der Waals surface area contributed by atoms with Gasteiger partial charge in [-0.2, -0.15) is 0 Å². The zero-order chi connectivity index (χ0) is 14.6. The second kappa shape index (κ2) is 6.47. The highest BCUT2D eigenvalue weighted by Gasteiger charge is 2.12. The fourth-order valence-electron chi connectivity index (χ4n) is 2.11. The molecule has 0 saturated carbocycles. The third-order valence-electron chi connectivity index (χ3n) is 3.45. The lowest BCUT2D eigenvalue weighted by Crippen LogP contribution is -2.10. The van der Waals surface area contributed by atoms with Crippen LogP contribution in [0.15, 0.2) is 53.4 Å². The minimum atomic E-state index is 0.218. The standard InChI is InChI=1S/C18H23NS/c1-18(2,3)16-8-10-17(11-9-16)20-13-15-7-5-4-6-14(15)12-19/h4-11H,12-13,19H2,1-3H3. The molecule has 2 rings (SSSR count). The highest BCUT2D eigenvalue weighted by molar-refractivity contribution is 7.98. The van der Waals surface area contributed by atoms with Crippen LogP contribution < -0.4 is 5.73 Å². The molecule has 2 aromatic carbocycles. The normalized spacial score (nSPS) is 11.6. The Morgan fingerprint density at radius 2 is 1.50 bits per heavy atom. The van der Waals surface area contributed by atoms with Crippen molar-refractivity contribution in [2.75, 3.05) is 0 Å². The molecule has 20 heavy (non-hydrogen) atoms. The van der Waals surface area contributed by atoms with E-state index in [4.69, 9.17) is 5.73 Å². The SMILES string of the molecule is CC(C)(C)c1ccc(SCc2ccccc2CN)cc1. The first-order valence-electron chi connectivity index (χ1n) is 7.01. The molecule has 2 aromatic rings. The van der Waals surface area contributed by atoms with Crippen molar-refractivity contribution in [2.24, 2.45) is 5.73 Å². The molecule has 0 fully saturated rings. The van der Waals surface area contributed by atoms with Gasteiger partial charge in [0.15, 0.2) is 0 Å². The van der Waals surface area contributed by atoms with E-state index in [1.165, 1.54) is 21.6 Å². The van der Waals surface area contributed by atoms with Crippen LogP contribution in [0.4, 0.5) is 0 Å². The van der Waals surface area contributed by atoms with Gasteiger partial charge in [-0.1, -0.05) is 57.2 Å². The average molecular weight is 285 g/mol. The third-order valence-corrected chi connectivity index (χ3v) is 4.51. The van der Waals surface area contributed by atoms with E-state index >= 15 is 0 Å². The Morgan fingerprint density at radius 3 is 2.05 bits per heavy atom. The first kappa shape index (κ1) is 15.1. The van der Waals surface area contributed by atoms with Crippen LogP contribution >= 0.6 is 11.8 Å². The quantitative estimate of drug-likeness (QED) is 0.821. The summed E-state index contributed by atoms with van der Waals surface area (Å²) < 4.78 is 0. The number of nitrogens with two attached hydrogens (primary N) is 1. The minimum absolute atomic E-state index is 0.218. The van der Waals surface area contributed by atoms with Gasteiger partial charge in [-0.05, 0) is 34.2 Å². The average Bonchev–Trinajstić information content (AvgIpc) is 2.45. The summed E-state index contributed by atoms with van der Waals surface area (Å²) in [5.74, 6) is 0.974. The molecular weight excluding hydrogens is 262 g/mol. The van der Waals surface area contributed by atoms with Crippen molar-refractivity contribution in [2.45, 2.75) is 43.4 Å². The predicted molar refractivity (Wildman–Crippen MR) is 89.0 cm³/mol. The zero-order valence-electron chi connectivity index (χ0n) is 12.5. The van der Waals surface area contributed by atoms with Gasteiger partial charge in [0.2, 0.25) is 0 Å².